The number of halogens is 1. The zero-order valence-electron chi connectivity index (χ0n) is 21.9. The summed E-state index contributed by atoms with van der Waals surface area (Å²) in [6.07, 6.45) is 10.3. The van der Waals surface area contributed by atoms with Crippen molar-refractivity contribution in [2.45, 2.75) is 30.6 Å². The van der Waals surface area contributed by atoms with Crippen LogP contribution in [-0.4, -0.2) is 6.54 Å². The standard InChI is InChI=1S/C33H28FN2OS2/c1-3-36-27-10-6-7-11-28(27)38-31(36)20-22-16-21(17-24(18-22)25-8-4-5-9-26(25)34)19-30-35(2)32-29(39-30)13-12-23-14-15-37-33(23)32/h4-16,19-20,24H,3,17-18H2,1-2H3/q+1. The third-order valence-electron chi connectivity index (χ3n) is 7.69. The van der Waals surface area contributed by atoms with Crippen molar-refractivity contribution in [3.8, 4) is 0 Å². The molecule has 7 rings (SSSR count). The van der Waals surface area contributed by atoms with Gasteiger partial charge < -0.3 is 9.32 Å². The molecule has 0 fully saturated rings. The number of thiazole rings is 1. The number of anilines is 1. The number of aryl methyl sites for hydroxylation is 1. The van der Waals surface area contributed by atoms with Crippen molar-refractivity contribution in [1.29, 1.82) is 0 Å². The van der Waals surface area contributed by atoms with E-state index in [1.165, 1.54) is 31.5 Å². The van der Waals surface area contributed by atoms with Crippen LogP contribution in [0.5, 0.6) is 0 Å². The highest BCUT2D eigenvalue weighted by Gasteiger charge is 2.27. The maximum Gasteiger partial charge on any atom is 0.267 e. The molecule has 2 aromatic heterocycles. The normalized spacial score (nSPS) is 19.4. The van der Waals surface area contributed by atoms with Gasteiger partial charge in [-0.05, 0) is 84.9 Å². The Morgan fingerprint density at radius 3 is 2.74 bits per heavy atom. The number of benzene rings is 3. The number of para-hydroxylation sites is 1. The lowest BCUT2D eigenvalue weighted by atomic mass is 9.81. The van der Waals surface area contributed by atoms with Gasteiger partial charge in [0.15, 0.2) is 0 Å². The predicted molar refractivity (Wildman–Crippen MR) is 161 cm³/mol. The molecule has 39 heavy (non-hydrogen) atoms. The molecule has 3 heterocycles. The number of furan rings is 1. The lowest BCUT2D eigenvalue weighted by Crippen LogP contribution is -2.29. The summed E-state index contributed by atoms with van der Waals surface area (Å²) in [6.45, 7) is 3.10. The van der Waals surface area contributed by atoms with E-state index in [9.17, 15) is 4.39 Å². The highest BCUT2D eigenvalue weighted by molar-refractivity contribution is 8.03. The van der Waals surface area contributed by atoms with E-state index in [2.05, 4.69) is 78.1 Å². The summed E-state index contributed by atoms with van der Waals surface area (Å²) in [7, 11) is 2.10. The number of nitrogens with zero attached hydrogens (tertiary/aromatic N) is 2. The van der Waals surface area contributed by atoms with Gasteiger partial charge in [0.1, 0.15) is 17.6 Å². The number of rotatable bonds is 4. The Balaban J connectivity index is 1.32. The van der Waals surface area contributed by atoms with Crippen LogP contribution >= 0.6 is 23.1 Å². The van der Waals surface area contributed by atoms with Crippen LogP contribution in [0.15, 0.2) is 111 Å². The van der Waals surface area contributed by atoms with E-state index in [1.54, 1.807) is 29.7 Å². The molecule has 1 unspecified atom stereocenters. The summed E-state index contributed by atoms with van der Waals surface area (Å²) >= 11 is 3.58. The first kappa shape index (κ1) is 24.4. The van der Waals surface area contributed by atoms with Crippen LogP contribution in [0.2, 0.25) is 0 Å². The van der Waals surface area contributed by atoms with Gasteiger partial charge in [-0.25, -0.2) is 4.39 Å². The van der Waals surface area contributed by atoms with E-state index >= 15 is 0 Å². The van der Waals surface area contributed by atoms with Gasteiger partial charge in [0.05, 0.1) is 17.0 Å². The zero-order valence-corrected chi connectivity index (χ0v) is 23.5. The van der Waals surface area contributed by atoms with Crippen molar-refractivity contribution in [3.63, 3.8) is 0 Å². The average Bonchev–Trinajstić information content (AvgIpc) is 3.64. The van der Waals surface area contributed by atoms with Crippen LogP contribution in [-0.2, 0) is 7.05 Å². The third-order valence-corrected chi connectivity index (χ3v) is 9.95. The Morgan fingerprint density at radius 2 is 1.87 bits per heavy atom. The molecule has 0 bridgehead atoms. The van der Waals surface area contributed by atoms with E-state index < -0.39 is 0 Å². The minimum Gasteiger partial charge on any atom is -0.457 e. The summed E-state index contributed by atoms with van der Waals surface area (Å²) < 4.78 is 24.3. The summed E-state index contributed by atoms with van der Waals surface area (Å²) in [5, 5.41) is 3.49. The van der Waals surface area contributed by atoms with Crippen molar-refractivity contribution in [1.82, 2.24) is 0 Å². The lowest BCUT2D eigenvalue weighted by molar-refractivity contribution is -0.641. The quantitative estimate of drug-likeness (QED) is 0.208. The van der Waals surface area contributed by atoms with Gasteiger partial charge >= 0.3 is 0 Å². The molecule has 0 saturated carbocycles. The molecule has 1 atom stereocenters. The molecular formula is C33H28FN2OS2+. The number of fused-ring (bicyclic) bond motifs is 4. The van der Waals surface area contributed by atoms with E-state index in [0.717, 1.165) is 46.4 Å². The predicted octanol–water partition coefficient (Wildman–Crippen LogP) is 8.97. The van der Waals surface area contributed by atoms with Gasteiger partial charge in [-0.3, -0.25) is 0 Å². The van der Waals surface area contributed by atoms with E-state index in [1.807, 2.05) is 30.0 Å². The first-order valence-corrected chi connectivity index (χ1v) is 14.9. The molecule has 3 aromatic carbocycles. The summed E-state index contributed by atoms with van der Waals surface area (Å²) in [5.74, 6) is -0.0455. The molecule has 2 aliphatic rings. The molecule has 194 valence electrons. The fraction of sp³-hybridized carbons (Fsp3) is 0.182. The Hall–Kier alpha value is -3.61. The van der Waals surface area contributed by atoms with Gasteiger partial charge in [-0.2, -0.15) is 4.57 Å². The van der Waals surface area contributed by atoms with Gasteiger partial charge in [-0.15, -0.1) is 0 Å². The molecule has 5 aromatic rings. The van der Waals surface area contributed by atoms with Crippen LogP contribution in [0.4, 0.5) is 10.1 Å². The summed E-state index contributed by atoms with van der Waals surface area (Å²) in [5.41, 5.74) is 6.52. The van der Waals surface area contributed by atoms with Crippen molar-refractivity contribution in [2.24, 2.45) is 7.05 Å². The molecule has 0 amide bonds. The molecule has 1 aliphatic heterocycles. The minimum absolute atomic E-state index is 0.0784. The van der Waals surface area contributed by atoms with Crippen LogP contribution in [0, 0.1) is 5.82 Å². The smallest absolute Gasteiger partial charge is 0.267 e. The topological polar surface area (TPSA) is 20.3 Å². The number of allylic oxidation sites excluding steroid dienone is 4. The van der Waals surface area contributed by atoms with E-state index in [4.69, 9.17) is 4.42 Å². The minimum atomic E-state index is -0.124. The Kier molecular flexibility index (Phi) is 6.17. The Labute approximate surface area is 235 Å². The summed E-state index contributed by atoms with van der Waals surface area (Å²) in [4.78, 5) is 3.65. The number of hydrogen-bond acceptors (Lipinski definition) is 4. The van der Waals surface area contributed by atoms with Crippen LogP contribution in [0.1, 0.15) is 36.3 Å². The fourth-order valence-corrected chi connectivity index (χ4v) is 8.17. The monoisotopic (exact) mass is 551 g/mol. The Morgan fingerprint density at radius 1 is 1.03 bits per heavy atom. The second kappa shape index (κ2) is 9.85. The van der Waals surface area contributed by atoms with Gasteiger partial charge in [-0.1, -0.05) is 59.5 Å². The van der Waals surface area contributed by atoms with Crippen LogP contribution in [0.25, 0.3) is 27.3 Å². The highest BCUT2D eigenvalue weighted by Crippen LogP contribution is 2.47. The first-order valence-electron chi connectivity index (χ1n) is 13.3. The second-order valence-electron chi connectivity index (χ2n) is 10.1. The number of hydrogen-bond donors (Lipinski definition) is 0. The molecule has 0 N–H and O–H groups in total. The number of aromatic nitrogens is 1. The number of thioether (sulfide) groups is 1. The average molecular weight is 552 g/mol. The van der Waals surface area contributed by atoms with E-state index in [-0.39, 0.29) is 11.7 Å². The van der Waals surface area contributed by atoms with Crippen molar-refractivity contribution in [3.05, 3.63) is 118 Å². The zero-order chi connectivity index (χ0) is 26.5. The highest BCUT2D eigenvalue weighted by atomic mass is 32.2. The largest absolute Gasteiger partial charge is 0.457 e. The van der Waals surface area contributed by atoms with Gasteiger partial charge in [0, 0.05) is 22.9 Å². The molecule has 0 radical (unpaired) electrons. The SMILES string of the molecule is CCN1/C(=C/C2=CC(=C/c3sc4ccc5ccoc5c4[n+]3C)/CC(c3ccccc3F)C2)Sc2ccccc21. The molecule has 6 heteroatoms. The molecule has 0 saturated heterocycles. The van der Waals surface area contributed by atoms with Crippen LogP contribution in [0.3, 0.4) is 0 Å². The first-order chi connectivity index (χ1) is 19.1. The second-order valence-corrected chi connectivity index (χ2v) is 12.2. The fourth-order valence-electron chi connectivity index (χ4n) is 5.84. The van der Waals surface area contributed by atoms with Crippen LogP contribution < -0.4 is 9.47 Å². The third kappa shape index (κ3) is 4.32. The lowest BCUT2D eigenvalue weighted by Gasteiger charge is -2.25. The summed E-state index contributed by atoms with van der Waals surface area (Å²) in [6, 6.07) is 22.1. The molecular weight excluding hydrogens is 524 g/mol. The Bertz CT molecular complexity index is 1830. The van der Waals surface area contributed by atoms with Gasteiger partial charge in [0.25, 0.3) is 10.5 Å². The molecule has 3 nitrogen and oxygen atoms in total. The van der Waals surface area contributed by atoms with E-state index in [0.29, 0.717) is 0 Å². The van der Waals surface area contributed by atoms with Crippen molar-refractivity contribution in [2.75, 3.05) is 11.4 Å². The van der Waals surface area contributed by atoms with Crippen molar-refractivity contribution >= 4 is 56.0 Å². The maximum atomic E-state index is 15.0. The van der Waals surface area contributed by atoms with Crippen molar-refractivity contribution < 1.29 is 13.4 Å². The molecule has 1 aliphatic carbocycles. The van der Waals surface area contributed by atoms with Gasteiger partial charge in [0.2, 0.25) is 5.58 Å². The maximum absolute atomic E-state index is 15.0. The molecule has 0 spiro atoms.